The highest BCUT2D eigenvalue weighted by molar-refractivity contribution is 5.93. The maximum absolute atomic E-state index is 13.1. The Bertz CT molecular complexity index is 759. The highest BCUT2D eigenvalue weighted by Crippen LogP contribution is 2.12. The van der Waals surface area contributed by atoms with Gasteiger partial charge in [-0.15, -0.1) is 0 Å². The van der Waals surface area contributed by atoms with Crippen molar-refractivity contribution in [1.29, 1.82) is 5.26 Å². The zero-order chi connectivity index (χ0) is 21.9. The van der Waals surface area contributed by atoms with Crippen LogP contribution in [0.2, 0.25) is 0 Å². The molecule has 7 nitrogen and oxygen atoms in total. The van der Waals surface area contributed by atoms with E-state index < -0.39 is 5.97 Å². The Labute approximate surface area is 177 Å². The smallest absolute Gasteiger partial charge is 0.352 e. The van der Waals surface area contributed by atoms with Crippen LogP contribution < -0.4 is 10.6 Å². The molecule has 1 saturated heterocycles. The van der Waals surface area contributed by atoms with Gasteiger partial charge < -0.3 is 20.1 Å². The summed E-state index contributed by atoms with van der Waals surface area (Å²) in [5, 5.41) is 15.8. The van der Waals surface area contributed by atoms with Crippen LogP contribution in [-0.4, -0.2) is 56.4 Å². The Kier molecular flexibility index (Phi) is 9.58. The van der Waals surface area contributed by atoms with E-state index in [1.54, 1.807) is 19.1 Å². The fourth-order valence-corrected chi connectivity index (χ4v) is 3.06. The summed E-state index contributed by atoms with van der Waals surface area (Å²) in [5.74, 6) is -0.197. The fraction of sp³-hybridized carbons (Fsp3) is 0.545. The molecule has 2 N–H and O–H groups in total. The second kappa shape index (κ2) is 12.2. The van der Waals surface area contributed by atoms with E-state index in [0.717, 1.165) is 12.1 Å². The van der Waals surface area contributed by atoms with Gasteiger partial charge in [0.15, 0.2) is 5.57 Å². The lowest BCUT2D eigenvalue weighted by atomic mass is 10.2. The van der Waals surface area contributed by atoms with Crippen molar-refractivity contribution in [2.75, 3.05) is 39.4 Å². The van der Waals surface area contributed by atoms with Crippen molar-refractivity contribution in [2.45, 2.75) is 33.4 Å². The van der Waals surface area contributed by atoms with Gasteiger partial charge in [-0.1, -0.05) is 26.0 Å². The molecule has 164 valence electrons. The van der Waals surface area contributed by atoms with Gasteiger partial charge in [0.05, 0.1) is 19.3 Å². The van der Waals surface area contributed by atoms with Gasteiger partial charge in [-0.25, -0.2) is 9.18 Å². The van der Waals surface area contributed by atoms with Crippen LogP contribution in [0.25, 0.3) is 0 Å². The number of hydrogen-bond donors (Lipinski definition) is 2. The van der Waals surface area contributed by atoms with Crippen molar-refractivity contribution in [3.05, 3.63) is 47.0 Å². The number of carbonyl (C=O) groups is 1. The zero-order valence-electron chi connectivity index (χ0n) is 17.9. The number of ether oxygens (including phenoxy) is 2. The summed E-state index contributed by atoms with van der Waals surface area (Å²) in [5.41, 5.74) is 0.967. The van der Waals surface area contributed by atoms with E-state index in [9.17, 15) is 14.4 Å². The quantitative estimate of drug-likeness (QED) is 0.342. The van der Waals surface area contributed by atoms with Crippen molar-refractivity contribution < 1.29 is 18.7 Å². The van der Waals surface area contributed by atoms with Gasteiger partial charge in [-0.3, -0.25) is 4.90 Å². The molecule has 1 aromatic carbocycles. The number of nitriles is 1. The van der Waals surface area contributed by atoms with E-state index in [2.05, 4.69) is 15.5 Å². The second-order valence-corrected chi connectivity index (χ2v) is 7.59. The van der Waals surface area contributed by atoms with Crippen LogP contribution in [0.5, 0.6) is 0 Å². The Morgan fingerprint density at radius 3 is 2.73 bits per heavy atom. The van der Waals surface area contributed by atoms with E-state index in [4.69, 9.17) is 9.47 Å². The van der Waals surface area contributed by atoms with Gasteiger partial charge in [-0.05, 0) is 30.5 Å². The Balaban J connectivity index is 1.99. The molecular formula is C22H31FN4O3. The van der Waals surface area contributed by atoms with E-state index >= 15 is 0 Å². The summed E-state index contributed by atoms with van der Waals surface area (Å²) in [4.78, 5) is 14.4. The first-order valence-corrected chi connectivity index (χ1v) is 10.3. The van der Waals surface area contributed by atoms with Crippen molar-refractivity contribution in [1.82, 2.24) is 15.5 Å². The second-order valence-electron chi connectivity index (χ2n) is 7.59. The summed E-state index contributed by atoms with van der Waals surface area (Å²) in [6.07, 6.45) is -0.114. The van der Waals surface area contributed by atoms with Crippen molar-refractivity contribution in [3.8, 4) is 6.07 Å². The van der Waals surface area contributed by atoms with Crippen LogP contribution in [0.1, 0.15) is 26.3 Å². The molecule has 1 aliphatic rings. The van der Waals surface area contributed by atoms with Gasteiger partial charge in [0, 0.05) is 32.7 Å². The summed E-state index contributed by atoms with van der Waals surface area (Å²) in [6.45, 7) is 9.78. The maximum atomic E-state index is 13.1. The third-order valence-corrected chi connectivity index (χ3v) is 4.58. The van der Waals surface area contributed by atoms with Crippen LogP contribution in [0.4, 0.5) is 4.39 Å². The molecule has 1 aromatic rings. The molecule has 0 amide bonds. The summed E-state index contributed by atoms with van der Waals surface area (Å²) in [6, 6.07) is 8.44. The van der Waals surface area contributed by atoms with Crippen molar-refractivity contribution >= 4 is 5.97 Å². The minimum Gasteiger partial charge on any atom is -0.462 e. The molecule has 8 heteroatoms. The number of carbonyl (C=O) groups excluding carboxylic acids is 1. The van der Waals surface area contributed by atoms with E-state index in [0.29, 0.717) is 44.5 Å². The highest BCUT2D eigenvalue weighted by Gasteiger charge is 2.23. The first kappa shape index (κ1) is 23.6. The van der Waals surface area contributed by atoms with E-state index in [-0.39, 0.29) is 24.1 Å². The third kappa shape index (κ3) is 7.65. The number of benzene rings is 1. The highest BCUT2D eigenvalue weighted by atomic mass is 19.1. The van der Waals surface area contributed by atoms with Crippen LogP contribution >= 0.6 is 0 Å². The summed E-state index contributed by atoms with van der Waals surface area (Å²) < 4.78 is 24.0. The number of halogens is 1. The molecule has 30 heavy (non-hydrogen) atoms. The largest absolute Gasteiger partial charge is 0.462 e. The molecule has 1 heterocycles. The van der Waals surface area contributed by atoms with Gasteiger partial charge in [0.2, 0.25) is 0 Å². The monoisotopic (exact) mass is 418 g/mol. The Hall–Kier alpha value is -2.63. The molecule has 0 bridgehead atoms. The summed E-state index contributed by atoms with van der Waals surface area (Å²) in [7, 11) is 0. The molecule has 1 aliphatic heterocycles. The first-order valence-electron chi connectivity index (χ1n) is 10.3. The van der Waals surface area contributed by atoms with Gasteiger partial charge >= 0.3 is 5.97 Å². The molecule has 1 unspecified atom stereocenters. The predicted molar refractivity (Wildman–Crippen MR) is 112 cm³/mol. The van der Waals surface area contributed by atoms with Crippen molar-refractivity contribution in [3.63, 3.8) is 0 Å². The lowest BCUT2D eigenvalue weighted by molar-refractivity contribution is -0.138. The number of hydrogen-bond acceptors (Lipinski definition) is 7. The average Bonchev–Trinajstić information content (AvgIpc) is 2.72. The molecule has 1 atom stereocenters. The average molecular weight is 419 g/mol. The SMILES string of the molecule is CCOC(=O)/C(C#N)=C(\NCC(C)C)NCC1CN(Cc2ccc(F)cc2)CCO1. The number of morpholine rings is 1. The van der Waals surface area contributed by atoms with Crippen LogP contribution in [0.15, 0.2) is 35.7 Å². The summed E-state index contributed by atoms with van der Waals surface area (Å²) >= 11 is 0. The first-order chi connectivity index (χ1) is 14.4. The topological polar surface area (TPSA) is 86.6 Å². The molecule has 0 saturated carbocycles. The Morgan fingerprint density at radius 1 is 1.37 bits per heavy atom. The molecule has 0 spiro atoms. The normalized spacial score (nSPS) is 17.8. The standard InChI is InChI=1S/C22H31FN4O3/c1-4-29-22(28)20(11-24)21(25-12-16(2)3)26-13-19-15-27(9-10-30-19)14-17-5-7-18(23)8-6-17/h5-8,16,19,25-26H,4,9-10,12-15H2,1-3H3/b21-20+. The molecule has 1 fully saturated rings. The lowest BCUT2D eigenvalue weighted by Gasteiger charge is -2.33. The molecule has 0 radical (unpaired) electrons. The number of esters is 1. The lowest BCUT2D eigenvalue weighted by Crippen LogP contribution is -2.47. The van der Waals surface area contributed by atoms with Crippen LogP contribution in [0.3, 0.4) is 0 Å². The number of nitrogens with zero attached hydrogens (tertiary/aromatic N) is 2. The number of rotatable bonds is 10. The molecule has 0 aliphatic carbocycles. The minimum atomic E-state index is -0.652. The number of nitrogens with one attached hydrogen (secondary N) is 2. The van der Waals surface area contributed by atoms with Crippen LogP contribution in [-0.2, 0) is 20.8 Å². The van der Waals surface area contributed by atoms with Crippen molar-refractivity contribution in [2.24, 2.45) is 5.92 Å². The minimum absolute atomic E-state index is 0.0727. The molecular weight excluding hydrogens is 387 g/mol. The third-order valence-electron chi connectivity index (χ3n) is 4.58. The van der Waals surface area contributed by atoms with Crippen LogP contribution in [0, 0.1) is 23.1 Å². The van der Waals surface area contributed by atoms with Gasteiger partial charge in [0.1, 0.15) is 17.7 Å². The van der Waals surface area contributed by atoms with Gasteiger partial charge in [0.25, 0.3) is 0 Å². The molecule has 2 rings (SSSR count). The predicted octanol–water partition coefficient (Wildman–Crippen LogP) is 2.16. The van der Waals surface area contributed by atoms with E-state index in [1.165, 1.54) is 12.1 Å². The maximum Gasteiger partial charge on any atom is 0.352 e. The Morgan fingerprint density at radius 2 is 2.10 bits per heavy atom. The van der Waals surface area contributed by atoms with E-state index in [1.807, 2.05) is 19.9 Å². The zero-order valence-corrected chi connectivity index (χ0v) is 17.9. The van der Waals surface area contributed by atoms with Gasteiger partial charge in [-0.2, -0.15) is 5.26 Å². The fourth-order valence-electron chi connectivity index (χ4n) is 3.06. The molecule has 0 aromatic heterocycles.